The molecule has 230 valence electrons. The number of hydrogen-bond donors (Lipinski definition) is 0. The van der Waals surface area contributed by atoms with E-state index in [0.717, 1.165) is 73.4 Å². The molecule has 3 unspecified atom stereocenters. The number of carbonyl (C=O) groups excluding carboxylic acids is 1. The van der Waals surface area contributed by atoms with Crippen LogP contribution in [-0.4, -0.2) is 31.2 Å². The predicted octanol–water partition coefficient (Wildman–Crippen LogP) is 8.92. The molecule has 1 aliphatic heterocycles. The van der Waals surface area contributed by atoms with E-state index in [-0.39, 0.29) is 24.1 Å². The summed E-state index contributed by atoms with van der Waals surface area (Å²) in [4.78, 5) is 20.6. The van der Waals surface area contributed by atoms with Crippen LogP contribution in [0.3, 0.4) is 0 Å². The molecule has 2 aliphatic rings. The van der Waals surface area contributed by atoms with Crippen molar-refractivity contribution in [1.82, 2.24) is 0 Å². The number of carbonyl (C=O) groups is 1. The molecule has 0 saturated heterocycles. The summed E-state index contributed by atoms with van der Waals surface area (Å²) in [6.07, 6.45) is 5.20. The van der Waals surface area contributed by atoms with E-state index >= 15 is 0 Å². The minimum atomic E-state index is -0.559. The van der Waals surface area contributed by atoms with Gasteiger partial charge in [-0.05, 0) is 97.3 Å². The monoisotopic (exact) mass is 651 g/mol. The van der Waals surface area contributed by atoms with Crippen LogP contribution in [0, 0.1) is 29.0 Å². The molecule has 0 bridgehead atoms. The first-order valence-electron chi connectivity index (χ1n) is 15.6. The lowest BCUT2D eigenvalue weighted by Gasteiger charge is -2.35. The van der Waals surface area contributed by atoms with Crippen LogP contribution in [0.25, 0.3) is 0 Å². The van der Waals surface area contributed by atoms with E-state index in [1.807, 2.05) is 32.0 Å². The summed E-state index contributed by atoms with van der Waals surface area (Å²) in [5.41, 5.74) is 4.73. The molecule has 0 radical (unpaired) electrons. The Morgan fingerprint density at radius 2 is 1.81 bits per heavy atom. The average molecular weight is 653 g/mol. The summed E-state index contributed by atoms with van der Waals surface area (Å²) >= 11 is 3.71. The van der Waals surface area contributed by atoms with Gasteiger partial charge in [0.05, 0.1) is 23.1 Å². The van der Waals surface area contributed by atoms with Crippen molar-refractivity contribution < 1.29 is 18.7 Å². The number of halogens is 2. The first-order chi connectivity index (χ1) is 20.8. The van der Waals surface area contributed by atoms with Crippen molar-refractivity contribution in [1.29, 1.82) is 5.26 Å². The number of nitriles is 1. The summed E-state index contributed by atoms with van der Waals surface area (Å²) in [7, 11) is 0. The Morgan fingerprint density at radius 3 is 2.47 bits per heavy atom. The number of aliphatic imine (C=N–C) groups is 1. The Labute approximate surface area is 264 Å². The topological polar surface area (TPSA) is 74.9 Å². The van der Waals surface area contributed by atoms with Crippen LogP contribution in [0.2, 0.25) is 0 Å². The molecule has 0 fully saturated rings. The third kappa shape index (κ3) is 7.32. The van der Waals surface area contributed by atoms with Gasteiger partial charge in [0.25, 0.3) is 0 Å². The largest absolute Gasteiger partial charge is 0.490 e. The molecule has 4 rings (SSSR count). The lowest BCUT2D eigenvalue weighted by atomic mass is 9.70. The van der Waals surface area contributed by atoms with E-state index in [9.17, 15) is 14.4 Å². The molecule has 3 atom stereocenters. The molecule has 43 heavy (non-hydrogen) atoms. The lowest BCUT2D eigenvalue weighted by Crippen LogP contribution is -2.32. The van der Waals surface area contributed by atoms with Crippen LogP contribution in [0.1, 0.15) is 90.2 Å². The third-order valence-electron chi connectivity index (χ3n) is 8.24. The molecule has 2 aromatic carbocycles. The molecule has 1 heterocycles. The number of rotatable bonds is 13. The van der Waals surface area contributed by atoms with Gasteiger partial charge < -0.3 is 14.4 Å². The van der Waals surface area contributed by atoms with Gasteiger partial charge in [0.15, 0.2) is 17.3 Å². The third-order valence-corrected chi connectivity index (χ3v) is 8.83. The minimum absolute atomic E-state index is 0.0814. The number of allylic oxidation sites excluding steroid dienone is 2. The van der Waals surface area contributed by atoms with Crippen molar-refractivity contribution in [2.45, 2.75) is 85.7 Å². The zero-order chi connectivity index (χ0) is 31.1. The highest BCUT2D eigenvalue weighted by Crippen LogP contribution is 2.48. The minimum Gasteiger partial charge on any atom is -0.490 e. The molecule has 2 aromatic rings. The molecule has 0 saturated carbocycles. The number of anilines is 1. The molecule has 8 heteroatoms. The van der Waals surface area contributed by atoms with Crippen molar-refractivity contribution in [2.75, 3.05) is 24.6 Å². The maximum atomic E-state index is 14.4. The Bertz CT molecular complexity index is 1420. The van der Waals surface area contributed by atoms with Crippen LogP contribution < -0.4 is 14.4 Å². The fourth-order valence-corrected chi connectivity index (χ4v) is 7.04. The van der Waals surface area contributed by atoms with E-state index in [4.69, 9.17) is 14.5 Å². The van der Waals surface area contributed by atoms with Crippen LogP contribution in [0.5, 0.6) is 11.5 Å². The molecule has 0 spiro atoms. The van der Waals surface area contributed by atoms with E-state index in [2.05, 4.69) is 47.7 Å². The van der Waals surface area contributed by atoms with Gasteiger partial charge in [-0.1, -0.05) is 27.2 Å². The SMILES string of the molecule is CCCC1CC(=O)C2=C(C1)N=C(C)C(C#N)C2c1cc(Br)c(OCc2cc(F)ccc2N(CCC)CCC)c(OCC)c1. The second-order valence-electron chi connectivity index (χ2n) is 11.5. The number of nitrogens with zero attached hydrogens (tertiary/aromatic N) is 3. The second kappa shape index (κ2) is 15.0. The van der Waals surface area contributed by atoms with Crippen LogP contribution in [0.4, 0.5) is 10.1 Å². The zero-order valence-corrected chi connectivity index (χ0v) is 27.6. The molecule has 1 aliphatic carbocycles. The van der Waals surface area contributed by atoms with Gasteiger partial charge in [0.1, 0.15) is 12.4 Å². The first-order valence-corrected chi connectivity index (χ1v) is 16.4. The van der Waals surface area contributed by atoms with E-state index in [0.29, 0.717) is 34.6 Å². The highest BCUT2D eigenvalue weighted by atomic mass is 79.9. The van der Waals surface area contributed by atoms with Crippen molar-refractivity contribution in [2.24, 2.45) is 16.8 Å². The second-order valence-corrected chi connectivity index (χ2v) is 12.4. The molecule has 6 nitrogen and oxygen atoms in total. The Kier molecular flexibility index (Phi) is 11.4. The maximum Gasteiger partial charge on any atom is 0.175 e. The van der Waals surface area contributed by atoms with Crippen molar-refractivity contribution in [3.63, 3.8) is 0 Å². The summed E-state index contributed by atoms with van der Waals surface area (Å²) < 4.78 is 27.5. The molecular formula is C35H43BrFN3O3. The fraction of sp³-hybridized carbons (Fsp3) is 0.514. The number of Topliss-reactive ketones (excluding diaryl/α,β-unsaturated/α-hetero) is 1. The summed E-state index contributed by atoms with van der Waals surface area (Å²) in [5, 5.41) is 10.2. The van der Waals surface area contributed by atoms with Crippen LogP contribution >= 0.6 is 15.9 Å². The molecular weight excluding hydrogens is 609 g/mol. The standard InChI is InChI=1S/C35H43BrFN3O3/c1-6-10-23-15-29-34(31(41)16-23)33(27(20-38)22(5)39-29)24-18-28(36)35(32(19-24)42-9-4)43-21-25-17-26(37)11-12-30(25)40(13-7-2)14-8-3/h11-12,17-19,23,27,33H,6-10,13-16,21H2,1-5H3. The van der Waals surface area contributed by atoms with E-state index in [1.165, 1.54) is 12.1 Å². The Hall–Kier alpha value is -3.18. The summed E-state index contributed by atoms with van der Waals surface area (Å²) in [6.45, 7) is 12.5. The first kappa shape index (κ1) is 32.7. The normalized spacial score (nSPS) is 19.9. The average Bonchev–Trinajstić information content (AvgIpc) is 2.96. The number of ether oxygens (including phenoxy) is 2. The molecule has 0 N–H and O–H groups in total. The van der Waals surface area contributed by atoms with Crippen LogP contribution in [-0.2, 0) is 11.4 Å². The zero-order valence-electron chi connectivity index (χ0n) is 26.0. The van der Waals surface area contributed by atoms with Gasteiger partial charge in [-0.15, -0.1) is 0 Å². The van der Waals surface area contributed by atoms with Gasteiger partial charge in [-0.2, -0.15) is 5.26 Å². The van der Waals surface area contributed by atoms with Crippen LogP contribution in [0.15, 0.2) is 51.1 Å². The highest BCUT2D eigenvalue weighted by Gasteiger charge is 2.41. The smallest absolute Gasteiger partial charge is 0.175 e. The number of benzene rings is 2. The molecule has 0 aromatic heterocycles. The summed E-state index contributed by atoms with van der Waals surface area (Å²) in [6, 6.07) is 11.1. The van der Waals surface area contributed by atoms with Gasteiger partial charge in [0, 0.05) is 53.7 Å². The van der Waals surface area contributed by atoms with Gasteiger partial charge in [-0.25, -0.2) is 4.39 Å². The maximum absolute atomic E-state index is 14.4. The van der Waals surface area contributed by atoms with E-state index < -0.39 is 11.8 Å². The van der Waals surface area contributed by atoms with Crippen molar-refractivity contribution in [3.05, 3.63) is 63.0 Å². The predicted molar refractivity (Wildman–Crippen MR) is 173 cm³/mol. The quantitative estimate of drug-likeness (QED) is 0.216. The van der Waals surface area contributed by atoms with E-state index in [1.54, 1.807) is 0 Å². The fourth-order valence-electron chi connectivity index (χ4n) is 6.47. The van der Waals surface area contributed by atoms with Crippen molar-refractivity contribution >= 4 is 33.1 Å². The summed E-state index contributed by atoms with van der Waals surface area (Å²) in [5.74, 6) is 0.0640. The lowest BCUT2D eigenvalue weighted by molar-refractivity contribution is -0.117. The Balaban J connectivity index is 1.72. The number of ketones is 1. The van der Waals surface area contributed by atoms with Crippen molar-refractivity contribution in [3.8, 4) is 17.6 Å². The van der Waals surface area contributed by atoms with Gasteiger partial charge in [-0.3, -0.25) is 9.79 Å². The van der Waals surface area contributed by atoms with Gasteiger partial charge >= 0.3 is 0 Å². The van der Waals surface area contributed by atoms with Gasteiger partial charge in [0.2, 0.25) is 0 Å². The molecule has 0 amide bonds. The number of hydrogen-bond acceptors (Lipinski definition) is 6. The highest BCUT2D eigenvalue weighted by molar-refractivity contribution is 9.10. The Morgan fingerprint density at radius 1 is 1.07 bits per heavy atom.